The Bertz CT molecular complexity index is 1110. The highest BCUT2D eigenvalue weighted by Crippen LogP contribution is 2.31. The molecule has 0 spiro atoms. The monoisotopic (exact) mass is 441 g/mol. The maximum absolute atomic E-state index is 12.8. The van der Waals surface area contributed by atoms with Crippen molar-refractivity contribution in [3.05, 3.63) is 46.4 Å². The van der Waals surface area contributed by atoms with E-state index in [4.69, 9.17) is 9.84 Å². The van der Waals surface area contributed by atoms with Crippen molar-refractivity contribution in [1.82, 2.24) is 34.4 Å². The van der Waals surface area contributed by atoms with Gasteiger partial charge in [-0.15, -0.1) is 11.8 Å². The van der Waals surface area contributed by atoms with Gasteiger partial charge in [-0.05, 0) is 25.0 Å². The molecule has 2 atom stereocenters. The van der Waals surface area contributed by atoms with Crippen molar-refractivity contribution in [3.63, 3.8) is 0 Å². The molecule has 31 heavy (non-hydrogen) atoms. The fourth-order valence-corrected chi connectivity index (χ4v) is 4.93. The molecule has 5 rings (SSSR count). The van der Waals surface area contributed by atoms with E-state index < -0.39 is 0 Å². The lowest BCUT2D eigenvalue weighted by atomic mass is 9.97. The lowest BCUT2D eigenvalue weighted by Crippen LogP contribution is -2.24. The smallest absolute Gasteiger partial charge is 0.276 e. The van der Waals surface area contributed by atoms with Crippen LogP contribution in [0, 0.1) is 5.92 Å². The predicted molar refractivity (Wildman–Crippen MR) is 117 cm³/mol. The van der Waals surface area contributed by atoms with Crippen LogP contribution >= 0.6 is 11.8 Å². The van der Waals surface area contributed by atoms with Gasteiger partial charge in [0.2, 0.25) is 0 Å². The topological polar surface area (TPSA) is 101 Å². The van der Waals surface area contributed by atoms with Gasteiger partial charge in [-0.2, -0.15) is 5.10 Å². The van der Waals surface area contributed by atoms with Crippen LogP contribution in [0.5, 0.6) is 0 Å². The fourth-order valence-electron chi connectivity index (χ4n) is 4.62. The standard InChI is InChI=1S/C21H27N7O2S/c1-13-10-27(12-18-22-7-15(31-2)8-23-18)11-16(13)19-25-21(29)17-9-24-20(28(17)26-19)14-3-5-30-6-4-14/h7-9,13-14,16H,3-6,10-12H2,1-2H3,(H,25,26,29). The van der Waals surface area contributed by atoms with Gasteiger partial charge in [0.05, 0.1) is 12.7 Å². The molecular formula is C21H27N7O2S. The van der Waals surface area contributed by atoms with Gasteiger partial charge in [0.25, 0.3) is 5.56 Å². The number of H-pyrrole nitrogens is 1. The predicted octanol–water partition coefficient (Wildman–Crippen LogP) is 2.06. The average Bonchev–Trinajstić information content (AvgIpc) is 3.38. The number of nitrogens with one attached hydrogen (secondary N) is 1. The molecule has 3 aromatic rings. The van der Waals surface area contributed by atoms with E-state index in [1.807, 2.05) is 18.6 Å². The molecule has 0 amide bonds. The quantitative estimate of drug-likeness (QED) is 0.601. The second kappa shape index (κ2) is 8.68. The molecule has 1 N–H and O–H groups in total. The molecule has 164 valence electrons. The summed E-state index contributed by atoms with van der Waals surface area (Å²) in [5.41, 5.74) is 0.382. The third kappa shape index (κ3) is 4.11. The maximum atomic E-state index is 12.8. The minimum absolute atomic E-state index is 0.127. The summed E-state index contributed by atoms with van der Waals surface area (Å²) in [6.45, 7) is 6.08. The van der Waals surface area contributed by atoms with Crippen molar-refractivity contribution < 1.29 is 4.74 Å². The Morgan fingerprint density at radius 3 is 2.68 bits per heavy atom. The molecule has 2 aliphatic rings. The van der Waals surface area contributed by atoms with Crippen molar-refractivity contribution in [1.29, 1.82) is 0 Å². The number of aromatic nitrogens is 6. The number of nitrogens with zero attached hydrogens (tertiary/aromatic N) is 6. The van der Waals surface area contributed by atoms with Crippen LogP contribution in [0.1, 0.15) is 49.1 Å². The minimum Gasteiger partial charge on any atom is -0.381 e. The van der Waals surface area contributed by atoms with E-state index in [1.54, 1.807) is 22.5 Å². The maximum Gasteiger partial charge on any atom is 0.276 e. The first kappa shape index (κ1) is 20.6. The summed E-state index contributed by atoms with van der Waals surface area (Å²) in [5.74, 6) is 3.21. The number of hydrogen-bond acceptors (Lipinski definition) is 8. The van der Waals surface area contributed by atoms with Gasteiger partial charge in [0, 0.05) is 55.4 Å². The molecule has 2 fully saturated rings. The molecule has 3 aromatic heterocycles. The summed E-state index contributed by atoms with van der Waals surface area (Å²) in [6.07, 6.45) is 9.21. The summed E-state index contributed by atoms with van der Waals surface area (Å²) < 4.78 is 7.25. The van der Waals surface area contributed by atoms with Gasteiger partial charge in [0.1, 0.15) is 17.5 Å². The first-order valence-corrected chi connectivity index (χ1v) is 12.0. The highest BCUT2D eigenvalue weighted by Gasteiger charge is 2.34. The summed E-state index contributed by atoms with van der Waals surface area (Å²) >= 11 is 1.64. The number of hydrogen-bond donors (Lipinski definition) is 1. The van der Waals surface area contributed by atoms with E-state index >= 15 is 0 Å². The number of ether oxygens (including phenoxy) is 1. The molecule has 2 saturated heterocycles. The molecule has 5 heterocycles. The van der Waals surface area contributed by atoms with Crippen LogP contribution in [0.15, 0.2) is 28.3 Å². The van der Waals surface area contributed by atoms with Crippen LogP contribution in [0.3, 0.4) is 0 Å². The van der Waals surface area contributed by atoms with Gasteiger partial charge in [-0.25, -0.2) is 19.5 Å². The van der Waals surface area contributed by atoms with E-state index in [9.17, 15) is 4.79 Å². The Balaban J connectivity index is 1.38. The van der Waals surface area contributed by atoms with Gasteiger partial charge in [0.15, 0.2) is 5.52 Å². The van der Waals surface area contributed by atoms with Gasteiger partial charge in [-0.1, -0.05) is 6.92 Å². The SMILES string of the molecule is CSc1cnc(CN2CC(C)C(c3nn4c(C5CCOCC5)ncc4c(=O)[nH]3)C2)nc1. The third-order valence-corrected chi connectivity index (χ3v) is 7.04. The Hall–Kier alpha value is -2.30. The van der Waals surface area contributed by atoms with Crippen molar-refractivity contribution in [3.8, 4) is 0 Å². The van der Waals surface area contributed by atoms with Crippen LogP contribution in [0.2, 0.25) is 0 Å². The molecule has 0 radical (unpaired) electrons. The van der Waals surface area contributed by atoms with Gasteiger partial charge in [-0.3, -0.25) is 9.69 Å². The van der Waals surface area contributed by atoms with E-state index in [1.165, 1.54) is 0 Å². The summed E-state index contributed by atoms with van der Waals surface area (Å²) in [5, 5.41) is 4.86. The first-order chi connectivity index (χ1) is 15.1. The van der Waals surface area contributed by atoms with E-state index in [2.05, 4.69) is 31.8 Å². The fraction of sp³-hybridized carbons (Fsp3) is 0.571. The number of thioether (sulfide) groups is 1. The van der Waals surface area contributed by atoms with Crippen LogP contribution in [-0.4, -0.2) is 67.0 Å². The van der Waals surface area contributed by atoms with Crippen molar-refractivity contribution in [2.45, 2.75) is 43.0 Å². The zero-order chi connectivity index (χ0) is 21.4. The van der Waals surface area contributed by atoms with E-state index in [0.717, 1.165) is 61.5 Å². The molecule has 0 aromatic carbocycles. The Kier molecular flexibility index (Phi) is 5.77. The van der Waals surface area contributed by atoms with E-state index in [0.29, 0.717) is 18.0 Å². The van der Waals surface area contributed by atoms with Gasteiger partial charge < -0.3 is 9.72 Å². The minimum atomic E-state index is -0.127. The molecule has 0 aliphatic carbocycles. The largest absolute Gasteiger partial charge is 0.381 e. The lowest BCUT2D eigenvalue weighted by molar-refractivity contribution is 0.0832. The molecule has 0 saturated carbocycles. The Morgan fingerprint density at radius 1 is 1.16 bits per heavy atom. The highest BCUT2D eigenvalue weighted by atomic mass is 32.2. The third-order valence-electron chi connectivity index (χ3n) is 6.35. The molecule has 0 bridgehead atoms. The molecular weight excluding hydrogens is 414 g/mol. The number of imidazole rings is 1. The molecule has 9 nitrogen and oxygen atoms in total. The summed E-state index contributed by atoms with van der Waals surface area (Å²) in [7, 11) is 0. The second-order valence-electron chi connectivity index (χ2n) is 8.46. The zero-order valence-electron chi connectivity index (χ0n) is 17.8. The van der Waals surface area contributed by atoms with Crippen LogP contribution in [0.4, 0.5) is 0 Å². The highest BCUT2D eigenvalue weighted by molar-refractivity contribution is 7.98. The van der Waals surface area contributed by atoms with Crippen LogP contribution in [0.25, 0.3) is 5.52 Å². The summed E-state index contributed by atoms with van der Waals surface area (Å²) in [6, 6.07) is 0. The number of rotatable bonds is 5. The van der Waals surface area contributed by atoms with Crippen LogP contribution < -0.4 is 5.56 Å². The Labute approximate surface area is 184 Å². The Morgan fingerprint density at radius 2 is 1.94 bits per heavy atom. The van der Waals surface area contributed by atoms with Crippen molar-refractivity contribution in [2.24, 2.45) is 5.92 Å². The van der Waals surface area contributed by atoms with Crippen LogP contribution in [-0.2, 0) is 11.3 Å². The first-order valence-electron chi connectivity index (χ1n) is 10.7. The average molecular weight is 442 g/mol. The van der Waals surface area contributed by atoms with Gasteiger partial charge >= 0.3 is 0 Å². The number of fused-ring (bicyclic) bond motifs is 1. The molecule has 2 unspecified atom stereocenters. The normalized spacial score (nSPS) is 23.0. The lowest BCUT2D eigenvalue weighted by Gasteiger charge is -2.21. The second-order valence-corrected chi connectivity index (χ2v) is 9.34. The molecule has 2 aliphatic heterocycles. The summed E-state index contributed by atoms with van der Waals surface area (Å²) in [4.78, 5) is 32.7. The van der Waals surface area contributed by atoms with Crippen molar-refractivity contribution in [2.75, 3.05) is 32.6 Å². The molecule has 10 heteroatoms. The van der Waals surface area contributed by atoms with Crippen molar-refractivity contribution >= 4 is 17.3 Å². The number of likely N-dealkylation sites (tertiary alicyclic amines) is 1. The number of aromatic amines is 1. The zero-order valence-corrected chi connectivity index (χ0v) is 18.6. The van der Waals surface area contributed by atoms with E-state index in [-0.39, 0.29) is 17.4 Å².